The number of fused-ring (bicyclic) bond motifs is 1. The lowest BCUT2D eigenvalue weighted by Crippen LogP contribution is -2.45. The van der Waals surface area contributed by atoms with E-state index in [1.165, 1.54) is 16.7 Å². The van der Waals surface area contributed by atoms with Crippen LogP contribution >= 0.6 is 0 Å². The summed E-state index contributed by atoms with van der Waals surface area (Å²) in [5.41, 5.74) is 4.18. The average molecular weight is 223 g/mol. The molecule has 0 unspecified atom stereocenters. The SMILES string of the molecule is C[C@]1(c2ccccc2)NCCc2ccccc21. The zero-order valence-electron chi connectivity index (χ0n) is 10.1. The second-order valence-electron chi connectivity index (χ2n) is 4.82. The largest absolute Gasteiger partial charge is 0.304 e. The minimum absolute atomic E-state index is 0.0455. The van der Waals surface area contributed by atoms with Gasteiger partial charge in [0.1, 0.15) is 0 Å². The van der Waals surface area contributed by atoms with Gasteiger partial charge in [-0.2, -0.15) is 0 Å². The van der Waals surface area contributed by atoms with Crippen LogP contribution in [-0.4, -0.2) is 6.54 Å². The van der Waals surface area contributed by atoms with Gasteiger partial charge in [0.25, 0.3) is 0 Å². The van der Waals surface area contributed by atoms with Crippen LogP contribution in [0.4, 0.5) is 0 Å². The minimum Gasteiger partial charge on any atom is -0.304 e. The maximum Gasteiger partial charge on any atom is 0.0664 e. The van der Waals surface area contributed by atoms with Gasteiger partial charge in [-0.25, -0.2) is 0 Å². The van der Waals surface area contributed by atoms with Gasteiger partial charge in [-0.05, 0) is 30.0 Å². The third kappa shape index (κ3) is 1.67. The van der Waals surface area contributed by atoms with Crippen LogP contribution in [0.15, 0.2) is 54.6 Å². The molecule has 3 rings (SSSR count). The summed E-state index contributed by atoms with van der Waals surface area (Å²) in [5, 5.41) is 3.67. The van der Waals surface area contributed by atoms with Crippen molar-refractivity contribution in [2.45, 2.75) is 18.9 Å². The van der Waals surface area contributed by atoms with Crippen LogP contribution in [0.5, 0.6) is 0 Å². The molecular formula is C16H17N. The number of benzene rings is 2. The predicted molar refractivity (Wildman–Crippen MR) is 71.0 cm³/mol. The Bertz CT molecular complexity index is 518. The van der Waals surface area contributed by atoms with Crippen LogP contribution in [0, 0.1) is 0 Å². The van der Waals surface area contributed by atoms with Gasteiger partial charge in [0.15, 0.2) is 0 Å². The van der Waals surface area contributed by atoms with Crippen molar-refractivity contribution in [1.29, 1.82) is 0 Å². The molecule has 0 aliphatic carbocycles. The fourth-order valence-corrected chi connectivity index (χ4v) is 2.80. The van der Waals surface area contributed by atoms with E-state index < -0.39 is 0 Å². The van der Waals surface area contributed by atoms with Crippen LogP contribution in [0.1, 0.15) is 23.6 Å². The minimum atomic E-state index is -0.0455. The molecule has 1 N–H and O–H groups in total. The summed E-state index contributed by atoms with van der Waals surface area (Å²) in [6.07, 6.45) is 1.12. The lowest BCUT2D eigenvalue weighted by Gasteiger charge is -2.37. The summed E-state index contributed by atoms with van der Waals surface area (Å²) < 4.78 is 0. The molecule has 1 atom stereocenters. The molecular weight excluding hydrogens is 206 g/mol. The molecule has 0 fully saturated rings. The first-order valence-electron chi connectivity index (χ1n) is 6.20. The lowest BCUT2D eigenvalue weighted by molar-refractivity contribution is 0.415. The van der Waals surface area contributed by atoms with Crippen molar-refractivity contribution < 1.29 is 0 Å². The molecule has 0 radical (unpaired) electrons. The molecule has 17 heavy (non-hydrogen) atoms. The predicted octanol–water partition coefficient (Wildman–Crippen LogP) is 3.10. The van der Waals surface area contributed by atoms with Gasteiger partial charge < -0.3 is 5.32 Å². The van der Waals surface area contributed by atoms with Crippen LogP contribution in [0.3, 0.4) is 0 Å². The molecule has 0 amide bonds. The van der Waals surface area contributed by atoms with Gasteiger partial charge in [-0.3, -0.25) is 0 Å². The van der Waals surface area contributed by atoms with Crippen molar-refractivity contribution in [1.82, 2.24) is 5.32 Å². The molecule has 1 nitrogen and oxygen atoms in total. The zero-order valence-corrected chi connectivity index (χ0v) is 10.1. The van der Waals surface area contributed by atoms with Gasteiger partial charge in [-0.1, -0.05) is 54.6 Å². The second-order valence-corrected chi connectivity index (χ2v) is 4.82. The van der Waals surface area contributed by atoms with Crippen molar-refractivity contribution in [3.63, 3.8) is 0 Å². The number of nitrogens with one attached hydrogen (secondary N) is 1. The normalized spacial score (nSPS) is 23.1. The maximum absolute atomic E-state index is 3.67. The van der Waals surface area contributed by atoms with E-state index in [0.717, 1.165) is 13.0 Å². The molecule has 1 heteroatoms. The number of hydrogen-bond acceptors (Lipinski definition) is 1. The van der Waals surface area contributed by atoms with Gasteiger partial charge in [0, 0.05) is 6.54 Å². The highest BCUT2D eigenvalue weighted by atomic mass is 15.0. The van der Waals surface area contributed by atoms with E-state index in [1.807, 2.05) is 0 Å². The number of rotatable bonds is 1. The first kappa shape index (κ1) is 10.5. The Labute approximate surface area is 102 Å². The Morgan fingerprint density at radius 3 is 2.47 bits per heavy atom. The molecule has 0 aromatic heterocycles. The van der Waals surface area contributed by atoms with E-state index in [-0.39, 0.29) is 5.54 Å². The summed E-state index contributed by atoms with van der Waals surface area (Å²) >= 11 is 0. The van der Waals surface area contributed by atoms with E-state index in [1.54, 1.807) is 0 Å². The van der Waals surface area contributed by atoms with E-state index in [4.69, 9.17) is 0 Å². The fourth-order valence-electron chi connectivity index (χ4n) is 2.80. The monoisotopic (exact) mass is 223 g/mol. The van der Waals surface area contributed by atoms with Crippen LogP contribution in [-0.2, 0) is 12.0 Å². The molecule has 1 aliphatic rings. The molecule has 1 heterocycles. The maximum atomic E-state index is 3.67. The van der Waals surface area contributed by atoms with E-state index >= 15 is 0 Å². The summed E-state index contributed by atoms with van der Waals surface area (Å²) in [7, 11) is 0. The Balaban J connectivity index is 2.16. The van der Waals surface area contributed by atoms with Gasteiger partial charge in [0.2, 0.25) is 0 Å². The highest BCUT2D eigenvalue weighted by Gasteiger charge is 2.32. The molecule has 2 aromatic rings. The van der Waals surface area contributed by atoms with Gasteiger partial charge in [-0.15, -0.1) is 0 Å². The van der Waals surface area contributed by atoms with E-state index in [0.29, 0.717) is 0 Å². The van der Waals surface area contributed by atoms with Crippen LogP contribution < -0.4 is 5.32 Å². The van der Waals surface area contributed by atoms with E-state index in [9.17, 15) is 0 Å². The van der Waals surface area contributed by atoms with Gasteiger partial charge in [0.05, 0.1) is 5.54 Å². The quantitative estimate of drug-likeness (QED) is 0.783. The topological polar surface area (TPSA) is 12.0 Å². The highest BCUT2D eigenvalue weighted by Crippen LogP contribution is 2.34. The zero-order chi connectivity index (χ0) is 11.7. The third-order valence-electron chi connectivity index (χ3n) is 3.78. The molecule has 0 bridgehead atoms. The smallest absolute Gasteiger partial charge is 0.0664 e. The molecule has 0 saturated carbocycles. The standard InChI is InChI=1S/C16H17N/c1-16(14-8-3-2-4-9-14)15-10-6-5-7-13(15)11-12-17-16/h2-10,17H,11-12H2,1H3/t16-/m1/s1. The summed E-state index contributed by atoms with van der Waals surface area (Å²) in [5.74, 6) is 0. The Morgan fingerprint density at radius 2 is 1.65 bits per heavy atom. The molecule has 2 aromatic carbocycles. The Hall–Kier alpha value is -1.60. The fraction of sp³-hybridized carbons (Fsp3) is 0.250. The van der Waals surface area contributed by atoms with Crippen molar-refractivity contribution in [2.75, 3.05) is 6.54 Å². The van der Waals surface area contributed by atoms with Crippen molar-refractivity contribution in [3.05, 3.63) is 71.3 Å². The molecule has 0 saturated heterocycles. The average Bonchev–Trinajstić information content (AvgIpc) is 2.40. The molecule has 0 spiro atoms. The van der Waals surface area contributed by atoms with Crippen LogP contribution in [0.25, 0.3) is 0 Å². The third-order valence-corrected chi connectivity index (χ3v) is 3.78. The number of hydrogen-bond donors (Lipinski definition) is 1. The first-order chi connectivity index (χ1) is 8.31. The van der Waals surface area contributed by atoms with E-state index in [2.05, 4.69) is 66.8 Å². The van der Waals surface area contributed by atoms with Crippen LogP contribution in [0.2, 0.25) is 0 Å². The van der Waals surface area contributed by atoms with Crippen molar-refractivity contribution in [3.8, 4) is 0 Å². The Kier molecular flexibility index (Phi) is 2.49. The lowest BCUT2D eigenvalue weighted by atomic mass is 9.79. The molecule has 86 valence electrons. The highest BCUT2D eigenvalue weighted by molar-refractivity contribution is 5.44. The Morgan fingerprint density at radius 1 is 0.941 bits per heavy atom. The molecule has 1 aliphatic heterocycles. The summed E-state index contributed by atoms with van der Waals surface area (Å²) in [6, 6.07) is 19.5. The first-order valence-corrected chi connectivity index (χ1v) is 6.20. The van der Waals surface area contributed by atoms with Gasteiger partial charge >= 0.3 is 0 Å². The summed E-state index contributed by atoms with van der Waals surface area (Å²) in [4.78, 5) is 0. The second kappa shape index (κ2) is 4.01. The summed E-state index contributed by atoms with van der Waals surface area (Å²) in [6.45, 7) is 3.32. The van der Waals surface area contributed by atoms with Crippen molar-refractivity contribution >= 4 is 0 Å². The van der Waals surface area contributed by atoms with Crippen molar-refractivity contribution in [2.24, 2.45) is 0 Å².